The summed E-state index contributed by atoms with van der Waals surface area (Å²) in [5.74, 6) is 0.266. The first kappa shape index (κ1) is 25.6. The van der Waals surface area contributed by atoms with Gasteiger partial charge in [0.1, 0.15) is 6.04 Å². The van der Waals surface area contributed by atoms with Crippen molar-refractivity contribution in [2.75, 3.05) is 27.3 Å². The number of hydrogen-bond donors (Lipinski definition) is 2. The molecule has 2 N–H and O–H groups in total. The number of para-hydroxylation sites is 1. The number of carbonyl (C=O) groups is 3. The molecule has 0 unspecified atom stereocenters. The van der Waals surface area contributed by atoms with Crippen LogP contribution in [0.1, 0.15) is 37.6 Å². The molecule has 9 heteroatoms. The van der Waals surface area contributed by atoms with Crippen molar-refractivity contribution < 1.29 is 23.9 Å². The summed E-state index contributed by atoms with van der Waals surface area (Å²) in [5.41, 5.74) is 2.52. The molecule has 3 aromatic rings. The second-order valence-corrected chi connectivity index (χ2v) is 10.4. The molecule has 0 spiro atoms. The van der Waals surface area contributed by atoms with Crippen LogP contribution in [0.3, 0.4) is 0 Å². The van der Waals surface area contributed by atoms with Gasteiger partial charge < -0.3 is 24.7 Å². The predicted molar refractivity (Wildman–Crippen MR) is 143 cm³/mol. The normalized spacial score (nSPS) is 19.5. The van der Waals surface area contributed by atoms with Gasteiger partial charge in [0.15, 0.2) is 17.0 Å². The number of methoxy groups -OCH3 is 2. The average Bonchev–Trinajstić information content (AvgIpc) is 3.38. The van der Waals surface area contributed by atoms with E-state index in [1.807, 2.05) is 56.3 Å². The van der Waals surface area contributed by atoms with Gasteiger partial charge >= 0.3 is 6.03 Å². The number of amides is 4. The molecule has 38 heavy (non-hydrogen) atoms. The fraction of sp³-hybridized carbons (Fsp3) is 0.414. The zero-order valence-corrected chi connectivity index (χ0v) is 22.5. The lowest BCUT2D eigenvalue weighted by Crippen LogP contribution is -2.53. The van der Waals surface area contributed by atoms with Crippen LogP contribution in [0.2, 0.25) is 0 Å². The Balaban J connectivity index is 1.37. The van der Waals surface area contributed by atoms with Crippen LogP contribution in [0.5, 0.6) is 11.5 Å². The molecule has 2 aromatic carbocycles. The molecule has 3 heterocycles. The predicted octanol–water partition coefficient (Wildman–Crippen LogP) is 3.60. The molecule has 9 nitrogen and oxygen atoms in total. The third-order valence-corrected chi connectivity index (χ3v) is 7.84. The van der Waals surface area contributed by atoms with E-state index in [-0.39, 0.29) is 17.7 Å². The summed E-state index contributed by atoms with van der Waals surface area (Å²) in [5, 5.41) is 4.01. The highest BCUT2D eigenvalue weighted by molar-refractivity contribution is 6.11. The number of aromatic amines is 1. The van der Waals surface area contributed by atoms with Crippen molar-refractivity contribution >= 4 is 28.7 Å². The van der Waals surface area contributed by atoms with Crippen LogP contribution in [-0.2, 0) is 28.0 Å². The Kier molecular flexibility index (Phi) is 6.54. The van der Waals surface area contributed by atoms with Crippen molar-refractivity contribution in [1.29, 1.82) is 0 Å². The first-order chi connectivity index (χ1) is 18.2. The fourth-order valence-electron chi connectivity index (χ4n) is 5.85. The summed E-state index contributed by atoms with van der Waals surface area (Å²) in [6.45, 7) is 6.26. The Morgan fingerprint density at radius 1 is 1.11 bits per heavy atom. The first-order valence-corrected chi connectivity index (χ1v) is 13.0. The Hall–Kier alpha value is -4.01. The highest BCUT2D eigenvalue weighted by Crippen LogP contribution is 2.45. The Labute approximate surface area is 222 Å². The van der Waals surface area contributed by atoms with E-state index >= 15 is 0 Å². The number of hydrogen-bond acceptors (Lipinski definition) is 5. The van der Waals surface area contributed by atoms with Crippen molar-refractivity contribution in [1.82, 2.24) is 20.1 Å². The number of rotatable bonds is 8. The van der Waals surface area contributed by atoms with Crippen molar-refractivity contribution in [3.63, 3.8) is 0 Å². The molecule has 0 radical (unpaired) electrons. The highest BCUT2D eigenvalue weighted by Gasteiger charge is 2.61. The molecule has 1 fully saturated rings. The van der Waals surface area contributed by atoms with Crippen molar-refractivity contribution in [2.45, 2.75) is 45.2 Å². The first-order valence-electron chi connectivity index (χ1n) is 13.0. The zero-order chi connectivity index (χ0) is 27.2. The summed E-state index contributed by atoms with van der Waals surface area (Å²) >= 11 is 0. The number of H-pyrrole nitrogens is 1. The number of aromatic nitrogens is 1. The van der Waals surface area contributed by atoms with Crippen LogP contribution >= 0.6 is 0 Å². The van der Waals surface area contributed by atoms with Gasteiger partial charge in [0.05, 0.1) is 19.9 Å². The largest absolute Gasteiger partial charge is 0.493 e. The van der Waals surface area contributed by atoms with Crippen LogP contribution in [0.25, 0.3) is 10.9 Å². The molecule has 0 bridgehead atoms. The van der Waals surface area contributed by atoms with Crippen LogP contribution in [0.15, 0.2) is 42.5 Å². The number of benzene rings is 2. The summed E-state index contributed by atoms with van der Waals surface area (Å²) in [6, 6.07) is 12.2. The van der Waals surface area contributed by atoms with E-state index in [0.717, 1.165) is 27.7 Å². The van der Waals surface area contributed by atoms with E-state index in [9.17, 15) is 14.4 Å². The molecular formula is C29H34N4O5. The Bertz CT molecular complexity index is 1410. The number of carbonyl (C=O) groups excluding carboxylic acids is 3. The number of fused-ring (bicyclic) bond motifs is 5. The van der Waals surface area contributed by atoms with Crippen LogP contribution in [0.4, 0.5) is 4.79 Å². The van der Waals surface area contributed by atoms with Crippen LogP contribution < -0.4 is 14.8 Å². The van der Waals surface area contributed by atoms with Crippen molar-refractivity contribution in [2.24, 2.45) is 5.92 Å². The number of urea groups is 1. The molecule has 2 aliphatic heterocycles. The topological polar surface area (TPSA) is 104 Å². The monoisotopic (exact) mass is 518 g/mol. The minimum Gasteiger partial charge on any atom is -0.493 e. The molecular weight excluding hydrogens is 484 g/mol. The quantitative estimate of drug-likeness (QED) is 0.444. The van der Waals surface area contributed by atoms with Gasteiger partial charge in [-0.25, -0.2) is 9.69 Å². The van der Waals surface area contributed by atoms with Gasteiger partial charge in [-0.2, -0.15) is 0 Å². The van der Waals surface area contributed by atoms with Gasteiger partial charge in [0.2, 0.25) is 5.91 Å². The Morgan fingerprint density at radius 2 is 1.84 bits per heavy atom. The SMILES string of the molecule is COc1ccc(CCNC(=O)[C@H](C(C)C)N2C(=O)N3CCc4c([nH]c5ccccc45)[C@@]3(C)C2=O)cc1OC. The highest BCUT2D eigenvalue weighted by atomic mass is 16.5. The van der Waals surface area contributed by atoms with Gasteiger partial charge in [-0.1, -0.05) is 38.1 Å². The Morgan fingerprint density at radius 3 is 2.55 bits per heavy atom. The molecule has 0 aliphatic carbocycles. The van der Waals surface area contributed by atoms with E-state index in [1.54, 1.807) is 26.0 Å². The van der Waals surface area contributed by atoms with E-state index in [2.05, 4.69) is 10.3 Å². The van der Waals surface area contributed by atoms with Gasteiger partial charge in [-0.05, 0) is 55.0 Å². The number of imide groups is 1. The molecule has 2 aliphatic rings. The summed E-state index contributed by atoms with van der Waals surface area (Å²) < 4.78 is 10.6. The molecule has 200 valence electrons. The zero-order valence-electron chi connectivity index (χ0n) is 22.5. The minimum atomic E-state index is -1.18. The average molecular weight is 519 g/mol. The molecule has 5 rings (SSSR count). The van der Waals surface area contributed by atoms with Crippen molar-refractivity contribution in [3.8, 4) is 11.5 Å². The maximum absolute atomic E-state index is 14.0. The maximum Gasteiger partial charge on any atom is 0.328 e. The fourth-order valence-corrected chi connectivity index (χ4v) is 5.85. The molecule has 4 amide bonds. The third-order valence-electron chi connectivity index (χ3n) is 7.84. The lowest BCUT2D eigenvalue weighted by atomic mass is 9.86. The van der Waals surface area contributed by atoms with E-state index in [0.29, 0.717) is 37.4 Å². The number of nitrogens with zero attached hydrogens (tertiary/aromatic N) is 2. The summed E-state index contributed by atoms with van der Waals surface area (Å²) in [6.07, 6.45) is 1.20. The van der Waals surface area contributed by atoms with Gasteiger partial charge in [0.25, 0.3) is 5.91 Å². The lowest BCUT2D eigenvalue weighted by Gasteiger charge is -2.36. The second-order valence-electron chi connectivity index (χ2n) is 10.4. The van der Waals surface area contributed by atoms with E-state index in [1.165, 1.54) is 4.90 Å². The van der Waals surface area contributed by atoms with Crippen LogP contribution in [0, 0.1) is 5.92 Å². The van der Waals surface area contributed by atoms with Gasteiger partial charge in [-0.15, -0.1) is 0 Å². The smallest absolute Gasteiger partial charge is 0.328 e. The summed E-state index contributed by atoms with van der Waals surface area (Å²) in [4.78, 5) is 47.3. The molecule has 2 atom stereocenters. The molecule has 0 saturated carbocycles. The van der Waals surface area contributed by atoms with Gasteiger partial charge in [0, 0.05) is 24.0 Å². The van der Waals surface area contributed by atoms with Gasteiger partial charge in [-0.3, -0.25) is 9.59 Å². The molecule has 1 aromatic heterocycles. The summed E-state index contributed by atoms with van der Waals surface area (Å²) in [7, 11) is 3.16. The van der Waals surface area contributed by atoms with E-state index < -0.39 is 17.6 Å². The molecule has 1 saturated heterocycles. The third kappa shape index (κ3) is 3.88. The van der Waals surface area contributed by atoms with E-state index in [4.69, 9.17) is 9.47 Å². The minimum absolute atomic E-state index is 0.267. The van der Waals surface area contributed by atoms with Crippen LogP contribution in [-0.4, -0.2) is 66.0 Å². The van der Waals surface area contributed by atoms with Crippen molar-refractivity contribution in [3.05, 3.63) is 59.3 Å². The standard InChI is InChI=1S/C29H34N4O5/c1-17(2)24(26(34)30-14-12-18-10-11-22(37-4)23(16-18)38-5)33-27(35)29(3)25-20(13-15-32(29)28(33)36)19-8-6-7-9-21(19)31-25/h6-11,16-17,24,31H,12-15H2,1-5H3,(H,30,34)/t24-,29-/m0/s1. The number of ether oxygens (including phenoxy) is 2. The maximum atomic E-state index is 14.0. The second kappa shape index (κ2) is 9.70. The number of nitrogens with one attached hydrogen (secondary N) is 2. The lowest BCUT2D eigenvalue weighted by molar-refractivity contribution is -0.140.